The molecule has 3 rings (SSSR count). The number of carboxylic acids is 1. The van der Waals surface area contributed by atoms with Gasteiger partial charge in [-0.05, 0) is 36.6 Å². The van der Waals surface area contributed by atoms with Crippen LogP contribution >= 0.6 is 0 Å². The number of hydrogen-bond acceptors (Lipinski definition) is 3. The summed E-state index contributed by atoms with van der Waals surface area (Å²) < 4.78 is 19.2. The molecule has 1 aliphatic rings. The van der Waals surface area contributed by atoms with Crippen molar-refractivity contribution in [3.8, 4) is 5.75 Å². The van der Waals surface area contributed by atoms with Crippen LogP contribution in [-0.4, -0.2) is 41.2 Å². The number of hydrogen-bond donors (Lipinski definition) is 2. The Hall–Kier alpha value is -3.09. The van der Waals surface area contributed by atoms with E-state index < -0.39 is 5.97 Å². The standard InChI is InChI=1S/C21H23FN2O4/c22-17-6-8-19-16(13-17)14-24(10-11-28-19)21(27)23-18(7-9-20(25)26)12-15-4-2-1-3-5-15/h1-6,8,13,18H,7,9-12,14H2,(H,23,27)(H,25,26). The van der Waals surface area contributed by atoms with Crippen molar-refractivity contribution in [2.75, 3.05) is 13.2 Å². The van der Waals surface area contributed by atoms with Gasteiger partial charge in [0, 0.05) is 18.0 Å². The number of nitrogens with one attached hydrogen (secondary N) is 1. The van der Waals surface area contributed by atoms with E-state index in [-0.39, 0.29) is 30.9 Å². The van der Waals surface area contributed by atoms with Gasteiger partial charge in [0.05, 0.1) is 13.1 Å². The lowest BCUT2D eigenvalue weighted by atomic mass is 10.0. The lowest BCUT2D eigenvalue weighted by Crippen LogP contribution is -2.46. The molecule has 2 amide bonds. The quantitative estimate of drug-likeness (QED) is 0.799. The summed E-state index contributed by atoms with van der Waals surface area (Å²) in [4.78, 5) is 25.4. The molecule has 7 heteroatoms. The minimum atomic E-state index is -0.903. The number of amides is 2. The number of benzene rings is 2. The molecule has 0 bridgehead atoms. The maximum absolute atomic E-state index is 13.6. The van der Waals surface area contributed by atoms with Crippen molar-refractivity contribution >= 4 is 12.0 Å². The van der Waals surface area contributed by atoms with Gasteiger partial charge < -0.3 is 20.1 Å². The molecule has 2 aromatic rings. The first kappa shape index (κ1) is 19.7. The fourth-order valence-electron chi connectivity index (χ4n) is 3.22. The van der Waals surface area contributed by atoms with E-state index >= 15 is 0 Å². The van der Waals surface area contributed by atoms with E-state index in [9.17, 15) is 14.0 Å². The monoisotopic (exact) mass is 386 g/mol. The van der Waals surface area contributed by atoms with Crippen LogP contribution in [0.1, 0.15) is 24.0 Å². The smallest absolute Gasteiger partial charge is 0.318 e. The lowest BCUT2D eigenvalue weighted by Gasteiger charge is -2.25. The Morgan fingerprint density at radius 2 is 2.00 bits per heavy atom. The Kier molecular flexibility index (Phi) is 6.47. The SMILES string of the molecule is O=C(O)CCC(Cc1ccccc1)NC(=O)N1CCOc2ccc(F)cc2C1. The Balaban J connectivity index is 1.68. The van der Waals surface area contributed by atoms with Crippen LogP contribution in [0.3, 0.4) is 0 Å². The molecule has 0 radical (unpaired) electrons. The predicted molar refractivity (Wildman–Crippen MR) is 102 cm³/mol. The number of carbonyl (C=O) groups excluding carboxylic acids is 1. The number of carboxylic acid groups (broad SMARTS) is 1. The van der Waals surface area contributed by atoms with Crippen molar-refractivity contribution in [2.45, 2.75) is 31.8 Å². The van der Waals surface area contributed by atoms with Gasteiger partial charge >= 0.3 is 12.0 Å². The number of halogens is 1. The Morgan fingerprint density at radius 3 is 2.75 bits per heavy atom. The molecule has 0 fully saturated rings. The number of nitrogens with zero attached hydrogens (tertiary/aromatic N) is 1. The summed E-state index contributed by atoms with van der Waals surface area (Å²) in [5, 5.41) is 11.9. The van der Waals surface area contributed by atoms with Crippen LogP contribution in [0.4, 0.5) is 9.18 Å². The van der Waals surface area contributed by atoms with E-state index in [2.05, 4.69) is 5.32 Å². The first-order chi connectivity index (χ1) is 13.5. The summed E-state index contributed by atoms with van der Waals surface area (Å²) in [5.74, 6) is -0.712. The largest absolute Gasteiger partial charge is 0.491 e. The highest BCUT2D eigenvalue weighted by atomic mass is 19.1. The van der Waals surface area contributed by atoms with E-state index in [0.29, 0.717) is 37.3 Å². The van der Waals surface area contributed by atoms with Gasteiger partial charge in [0.15, 0.2) is 0 Å². The number of ether oxygens (including phenoxy) is 1. The highest BCUT2D eigenvalue weighted by Gasteiger charge is 2.23. The Morgan fingerprint density at radius 1 is 1.21 bits per heavy atom. The summed E-state index contributed by atoms with van der Waals surface area (Å²) in [7, 11) is 0. The maximum atomic E-state index is 13.6. The van der Waals surface area contributed by atoms with Crippen molar-refractivity contribution < 1.29 is 23.8 Å². The number of fused-ring (bicyclic) bond motifs is 1. The molecule has 0 aromatic heterocycles. The van der Waals surface area contributed by atoms with Crippen LogP contribution in [0.25, 0.3) is 0 Å². The van der Waals surface area contributed by atoms with E-state index in [1.165, 1.54) is 12.1 Å². The molecule has 0 spiro atoms. The minimum Gasteiger partial charge on any atom is -0.491 e. The summed E-state index contributed by atoms with van der Waals surface area (Å²) in [6, 6.07) is 13.2. The van der Waals surface area contributed by atoms with Crippen molar-refractivity contribution in [2.24, 2.45) is 0 Å². The van der Waals surface area contributed by atoms with Gasteiger partial charge in [0.1, 0.15) is 18.2 Å². The topological polar surface area (TPSA) is 78.9 Å². The molecule has 0 saturated carbocycles. The van der Waals surface area contributed by atoms with Gasteiger partial charge in [-0.1, -0.05) is 30.3 Å². The number of urea groups is 1. The molecule has 1 aliphatic heterocycles. The Bertz CT molecular complexity index is 828. The fraction of sp³-hybridized carbons (Fsp3) is 0.333. The third kappa shape index (κ3) is 5.45. The third-order valence-corrected chi connectivity index (χ3v) is 4.65. The van der Waals surface area contributed by atoms with Crippen LogP contribution in [0.2, 0.25) is 0 Å². The zero-order valence-corrected chi connectivity index (χ0v) is 15.4. The molecule has 1 unspecified atom stereocenters. The van der Waals surface area contributed by atoms with E-state index in [1.54, 1.807) is 11.0 Å². The predicted octanol–water partition coefficient (Wildman–Crippen LogP) is 3.21. The Labute approximate surface area is 162 Å². The summed E-state index contributed by atoms with van der Waals surface area (Å²) in [6.45, 7) is 0.902. The third-order valence-electron chi connectivity index (χ3n) is 4.65. The summed E-state index contributed by atoms with van der Waals surface area (Å²) in [6.07, 6.45) is 0.829. The normalized spacial score (nSPS) is 14.4. The molecular formula is C21H23FN2O4. The molecule has 28 heavy (non-hydrogen) atoms. The van der Waals surface area contributed by atoms with Crippen LogP contribution < -0.4 is 10.1 Å². The van der Waals surface area contributed by atoms with E-state index in [1.807, 2.05) is 30.3 Å². The van der Waals surface area contributed by atoms with Crippen molar-refractivity contribution in [1.82, 2.24) is 10.2 Å². The molecule has 0 aliphatic carbocycles. The van der Waals surface area contributed by atoms with Crippen LogP contribution in [0, 0.1) is 5.82 Å². The van der Waals surface area contributed by atoms with Crippen LogP contribution in [0.15, 0.2) is 48.5 Å². The zero-order chi connectivity index (χ0) is 19.9. The number of carbonyl (C=O) groups is 2. The minimum absolute atomic E-state index is 0.0328. The molecule has 6 nitrogen and oxygen atoms in total. The van der Waals surface area contributed by atoms with Crippen LogP contribution in [0.5, 0.6) is 5.75 Å². The molecule has 1 atom stereocenters. The molecule has 1 heterocycles. The van der Waals surface area contributed by atoms with Gasteiger partial charge in [0.25, 0.3) is 0 Å². The molecular weight excluding hydrogens is 363 g/mol. The van der Waals surface area contributed by atoms with Crippen molar-refractivity contribution in [3.63, 3.8) is 0 Å². The second kappa shape index (κ2) is 9.21. The summed E-state index contributed by atoms with van der Waals surface area (Å²) >= 11 is 0. The molecule has 2 N–H and O–H groups in total. The first-order valence-electron chi connectivity index (χ1n) is 9.23. The fourth-order valence-corrected chi connectivity index (χ4v) is 3.22. The van der Waals surface area contributed by atoms with Gasteiger partial charge in [-0.15, -0.1) is 0 Å². The van der Waals surface area contributed by atoms with Gasteiger partial charge in [-0.25, -0.2) is 9.18 Å². The van der Waals surface area contributed by atoms with Gasteiger partial charge in [0.2, 0.25) is 0 Å². The highest BCUT2D eigenvalue weighted by molar-refractivity contribution is 5.75. The van der Waals surface area contributed by atoms with Crippen LogP contribution in [-0.2, 0) is 17.8 Å². The average molecular weight is 386 g/mol. The second-order valence-electron chi connectivity index (χ2n) is 6.79. The first-order valence-corrected chi connectivity index (χ1v) is 9.23. The molecule has 0 saturated heterocycles. The average Bonchev–Trinajstić information content (AvgIpc) is 2.89. The van der Waals surface area contributed by atoms with Crippen molar-refractivity contribution in [3.05, 3.63) is 65.5 Å². The number of aliphatic carboxylic acids is 1. The maximum Gasteiger partial charge on any atom is 0.318 e. The van der Waals surface area contributed by atoms with Gasteiger partial charge in [-0.2, -0.15) is 0 Å². The second-order valence-corrected chi connectivity index (χ2v) is 6.79. The van der Waals surface area contributed by atoms with E-state index in [4.69, 9.17) is 9.84 Å². The summed E-state index contributed by atoms with van der Waals surface area (Å²) in [5.41, 5.74) is 1.63. The van der Waals surface area contributed by atoms with E-state index in [0.717, 1.165) is 5.56 Å². The zero-order valence-electron chi connectivity index (χ0n) is 15.4. The lowest BCUT2D eigenvalue weighted by molar-refractivity contribution is -0.137. The van der Waals surface area contributed by atoms with Gasteiger partial charge in [-0.3, -0.25) is 4.79 Å². The molecule has 2 aromatic carbocycles. The van der Waals surface area contributed by atoms with Crippen molar-refractivity contribution in [1.29, 1.82) is 0 Å². The number of rotatable bonds is 6. The highest BCUT2D eigenvalue weighted by Crippen LogP contribution is 2.24. The molecule has 148 valence electrons.